The van der Waals surface area contributed by atoms with Gasteiger partial charge in [0.25, 0.3) is 0 Å². The molecular formula is C10H18N4O4S2. The van der Waals surface area contributed by atoms with Crippen molar-refractivity contribution in [2.24, 2.45) is 5.14 Å². The molecule has 0 heterocycles. The molecule has 0 saturated carbocycles. The Hall–Kier alpha value is -1.36. The topological polar surface area (TPSA) is 144 Å². The minimum atomic E-state index is -3.91. The maximum Gasteiger partial charge on any atom is 0.240 e. The summed E-state index contributed by atoms with van der Waals surface area (Å²) >= 11 is 0. The second-order valence-electron chi connectivity index (χ2n) is 4.01. The summed E-state index contributed by atoms with van der Waals surface area (Å²) in [6, 6.07) is 4.30. The van der Waals surface area contributed by atoms with Crippen molar-refractivity contribution in [1.82, 2.24) is 4.72 Å². The van der Waals surface area contributed by atoms with Gasteiger partial charge in [-0.15, -0.1) is 0 Å². The van der Waals surface area contributed by atoms with Crippen LogP contribution in [0.5, 0.6) is 0 Å². The monoisotopic (exact) mass is 322 g/mol. The standard InChI is InChI=1S/C10H18N4O4S2/c1-2-14-19(15,16)7-6-13-8-4-3-5-9(10(8)11)20(12,17)18/h3-5,13-14H,2,6-7,11H2,1H3,(H2,12,17,18). The SMILES string of the molecule is CCNS(=O)(=O)CCNc1cccc(S(N)(=O)=O)c1N. The van der Waals surface area contributed by atoms with Crippen LogP contribution in [-0.2, 0) is 20.0 Å². The van der Waals surface area contributed by atoms with E-state index in [1.54, 1.807) is 13.0 Å². The van der Waals surface area contributed by atoms with E-state index in [0.717, 1.165) is 0 Å². The summed E-state index contributed by atoms with van der Waals surface area (Å²) < 4.78 is 47.8. The number of para-hydroxylation sites is 1. The Kier molecular flexibility index (Phi) is 5.34. The van der Waals surface area contributed by atoms with Crippen LogP contribution in [0.3, 0.4) is 0 Å². The smallest absolute Gasteiger partial charge is 0.240 e. The maximum absolute atomic E-state index is 11.4. The normalized spacial score (nSPS) is 12.3. The molecule has 0 unspecified atom stereocenters. The molecule has 0 bridgehead atoms. The minimum absolute atomic E-state index is 0.0316. The molecule has 0 saturated heterocycles. The first kappa shape index (κ1) is 16.7. The summed E-state index contributed by atoms with van der Waals surface area (Å²) in [6.07, 6.45) is 0. The van der Waals surface area contributed by atoms with Crippen molar-refractivity contribution in [2.45, 2.75) is 11.8 Å². The van der Waals surface area contributed by atoms with E-state index in [9.17, 15) is 16.8 Å². The van der Waals surface area contributed by atoms with Crippen molar-refractivity contribution in [1.29, 1.82) is 0 Å². The van der Waals surface area contributed by atoms with Crippen molar-refractivity contribution >= 4 is 31.4 Å². The lowest BCUT2D eigenvalue weighted by Crippen LogP contribution is -2.29. The lowest BCUT2D eigenvalue weighted by molar-refractivity contribution is 0.584. The molecule has 6 N–H and O–H groups in total. The summed E-state index contributed by atoms with van der Waals surface area (Å²) in [7, 11) is -7.26. The van der Waals surface area contributed by atoms with Gasteiger partial charge in [-0.2, -0.15) is 0 Å². The van der Waals surface area contributed by atoms with Gasteiger partial charge in [0.2, 0.25) is 20.0 Å². The van der Waals surface area contributed by atoms with E-state index < -0.39 is 20.0 Å². The molecule has 0 aliphatic carbocycles. The highest BCUT2D eigenvalue weighted by Gasteiger charge is 2.15. The lowest BCUT2D eigenvalue weighted by atomic mass is 10.2. The fraction of sp³-hybridized carbons (Fsp3) is 0.400. The predicted molar refractivity (Wildman–Crippen MR) is 78.2 cm³/mol. The van der Waals surface area contributed by atoms with Gasteiger partial charge in [-0.05, 0) is 12.1 Å². The summed E-state index contributed by atoms with van der Waals surface area (Å²) in [5, 5.41) is 7.80. The van der Waals surface area contributed by atoms with Crippen LogP contribution in [0.4, 0.5) is 11.4 Å². The number of anilines is 2. The summed E-state index contributed by atoms with van der Waals surface area (Å²) in [4.78, 5) is -0.197. The number of primary sulfonamides is 1. The average Bonchev–Trinajstić information content (AvgIpc) is 2.29. The van der Waals surface area contributed by atoms with E-state index in [4.69, 9.17) is 10.9 Å². The van der Waals surface area contributed by atoms with Crippen molar-refractivity contribution in [2.75, 3.05) is 29.9 Å². The molecule has 0 radical (unpaired) electrons. The second kappa shape index (κ2) is 6.39. The summed E-state index contributed by atoms with van der Waals surface area (Å²) in [5.41, 5.74) is 5.98. The quantitative estimate of drug-likeness (QED) is 0.487. The van der Waals surface area contributed by atoms with E-state index in [-0.39, 0.29) is 22.9 Å². The molecule has 0 amide bonds. The van der Waals surface area contributed by atoms with Gasteiger partial charge in [-0.25, -0.2) is 26.7 Å². The van der Waals surface area contributed by atoms with Gasteiger partial charge in [0.15, 0.2) is 0 Å². The zero-order valence-corrected chi connectivity index (χ0v) is 12.6. The first-order valence-electron chi connectivity index (χ1n) is 5.80. The Morgan fingerprint density at radius 3 is 2.40 bits per heavy atom. The highest BCUT2D eigenvalue weighted by molar-refractivity contribution is 7.89. The Labute approximate surface area is 118 Å². The van der Waals surface area contributed by atoms with Gasteiger partial charge in [0, 0.05) is 13.1 Å². The van der Waals surface area contributed by atoms with Crippen LogP contribution < -0.4 is 20.9 Å². The molecule has 114 valence electrons. The maximum atomic E-state index is 11.4. The predicted octanol–water partition coefficient (Wildman–Crippen LogP) is -0.733. The molecule has 20 heavy (non-hydrogen) atoms. The molecule has 1 aromatic carbocycles. The number of sulfonamides is 2. The van der Waals surface area contributed by atoms with Crippen molar-refractivity contribution in [3.05, 3.63) is 18.2 Å². The van der Waals surface area contributed by atoms with Crippen molar-refractivity contribution < 1.29 is 16.8 Å². The molecule has 1 rings (SSSR count). The number of hydrogen-bond acceptors (Lipinski definition) is 6. The van der Waals surface area contributed by atoms with Gasteiger partial charge < -0.3 is 11.1 Å². The van der Waals surface area contributed by atoms with E-state index in [2.05, 4.69) is 10.0 Å². The van der Waals surface area contributed by atoms with E-state index >= 15 is 0 Å². The highest BCUT2D eigenvalue weighted by Crippen LogP contribution is 2.25. The van der Waals surface area contributed by atoms with Crippen LogP contribution in [0.1, 0.15) is 6.92 Å². The van der Waals surface area contributed by atoms with Crippen molar-refractivity contribution in [3.63, 3.8) is 0 Å². The highest BCUT2D eigenvalue weighted by atomic mass is 32.2. The van der Waals surface area contributed by atoms with Gasteiger partial charge in [-0.1, -0.05) is 13.0 Å². The third-order valence-corrected chi connectivity index (χ3v) is 4.86. The Morgan fingerprint density at radius 1 is 1.20 bits per heavy atom. The number of rotatable bonds is 7. The lowest BCUT2D eigenvalue weighted by Gasteiger charge is -2.12. The molecule has 10 heteroatoms. The number of hydrogen-bond donors (Lipinski definition) is 4. The average molecular weight is 322 g/mol. The summed E-state index contributed by atoms with van der Waals surface area (Å²) in [6.45, 7) is 2.08. The van der Waals surface area contributed by atoms with Gasteiger partial charge >= 0.3 is 0 Å². The molecule has 0 aromatic heterocycles. The molecule has 0 fully saturated rings. The minimum Gasteiger partial charge on any atom is -0.396 e. The Bertz CT molecular complexity index is 670. The second-order valence-corrected chi connectivity index (χ2v) is 7.46. The third kappa shape index (κ3) is 4.63. The van der Waals surface area contributed by atoms with Crippen LogP contribution in [0.2, 0.25) is 0 Å². The van der Waals surface area contributed by atoms with E-state index in [1.807, 2.05) is 0 Å². The van der Waals surface area contributed by atoms with Gasteiger partial charge in [0.05, 0.1) is 17.1 Å². The summed E-state index contributed by atoms with van der Waals surface area (Å²) in [5.74, 6) is -0.153. The number of benzene rings is 1. The molecule has 0 aliphatic heterocycles. The third-order valence-electron chi connectivity index (χ3n) is 2.42. The number of nitrogens with two attached hydrogens (primary N) is 2. The zero-order valence-electron chi connectivity index (χ0n) is 11.0. The first-order chi connectivity index (χ1) is 9.17. The molecular weight excluding hydrogens is 304 g/mol. The zero-order chi connectivity index (χ0) is 15.4. The molecule has 8 nitrogen and oxygen atoms in total. The Balaban J connectivity index is 2.81. The number of nitrogens with one attached hydrogen (secondary N) is 2. The largest absolute Gasteiger partial charge is 0.396 e. The van der Waals surface area contributed by atoms with Gasteiger partial charge in [0.1, 0.15) is 4.90 Å². The van der Waals surface area contributed by atoms with Crippen LogP contribution in [0.15, 0.2) is 23.1 Å². The first-order valence-corrected chi connectivity index (χ1v) is 8.99. The molecule has 1 aromatic rings. The van der Waals surface area contributed by atoms with E-state index in [1.165, 1.54) is 12.1 Å². The van der Waals surface area contributed by atoms with Crippen molar-refractivity contribution in [3.8, 4) is 0 Å². The molecule has 0 aliphatic rings. The molecule has 0 atom stereocenters. The Morgan fingerprint density at radius 2 is 1.85 bits per heavy atom. The number of nitrogen functional groups attached to an aromatic ring is 1. The van der Waals surface area contributed by atoms with Gasteiger partial charge in [-0.3, -0.25) is 0 Å². The van der Waals surface area contributed by atoms with Crippen LogP contribution in [0.25, 0.3) is 0 Å². The van der Waals surface area contributed by atoms with Crippen LogP contribution >= 0.6 is 0 Å². The van der Waals surface area contributed by atoms with Crippen LogP contribution in [0, 0.1) is 0 Å². The van der Waals surface area contributed by atoms with Crippen LogP contribution in [-0.4, -0.2) is 35.7 Å². The molecule has 0 spiro atoms. The fourth-order valence-corrected chi connectivity index (χ4v) is 3.20. The fourth-order valence-electron chi connectivity index (χ4n) is 1.56. The van der Waals surface area contributed by atoms with E-state index in [0.29, 0.717) is 12.2 Å².